The number of carbonyl (C=O) groups is 2. The predicted molar refractivity (Wildman–Crippen MR) is 78.6 cm³/mol. The van der Waals surface area contributed by atoms with Crippen molar-refractivity contribution in [2.24, 2.45) is 23.7 Å². The van der Waals surface area contributed by atoms with Crippen LogP contribution in [-0.4, -0.2) is 23.5 Å². The number of nitrogens with one attached hydrogen (secondary N) is 1. The van der Waals surface area contributed by atoms with Crippen LogP contribution in [0.25, 0.3) is 0 Å². The number of carboxylic acids is 1. The van der Waals surface area contributed by atoms with E-state index >= 15 is 0 Å². The van der Waals surface area contributed by atoms with Crippen molar-refractivity contribution in [2.75, 3.05) is 6.54 Å². The molecule has 2 bridgehead atoms. The van der Waals surface area contributed by atoms with Crippen molar-refractivity contribution in [1.82, 2.24) is 5.32 Å². The molecule has 22 heavy (non-hydrogen) atoms. The molecule has 3 rings (SSSR count). The van der Waals surface area contributed by atoms with Gasteiger partial charge in [0.25, 0.3) is 0 Å². The monoisotopic (exact) mass is 305 g/mol. The molecule has 2 aliphatic rings. The molecule has 0 radical (unpaired) electrons. The quantitative estimate of drug-likeness (QED) is 0.876. The number of hydrogen-bond acceptors (Lipinski definition) is 2. The highest BCUT2D eigenvalue weighted by Crippen LogP contribution is 2.52. The number of rotatable bonds is 5. The molecule has 0 unspecified atom stereocenters. The van der Waals surface area contributed by atoms with Crippen LogP contribution >= 0.6 is 0 Å². The zero-order chi connectivity index (χ0) is 15.7. The Kier molecular flexibility index (Phi) is 4.14. The molecule has 2 saturated carbocycles. The van der Waals surface area contributed by atoms with Crippen molar-refractivity contribution in [1.29, 1.82) is 0 Å². The minimum absolute atomic E-state index is 0.137. The summed E-state index contributed by atoms with van der Waals surface area (Å²) in [6.07, 6.45) is 3.38. The maximum atomic E-state index is 12.8. The summed E-state index contributed by atoms with van der Waals surface area (Å²) in [7, 11) is 0. The molecule has 0 aromatic heterocycles. The molecule has 118 valence electrons. The summed E-state index contributed by atoms with van der Waals surface area (Å²) in [4.78, 5) is 23.8. The lowest BCUT2D eigenvalue weighted by Crippen LogP contribution is -2.41. The number of amides is 1. The fourth-order valence-electron chi connectivity index (χ4n) is 4.12. The van der Waals surface area contributed by atoms with Crippen LogP contribution in [0.1, 0.15) is 24.8 Å². The number of carbonyl (C=O) groups excluding carboxylic acids is 1. The first-order valence-electron chi connectivity index (χ1n) is 7.81. The smallest absolute Gasteiger partial charge is 0.307 e. The lowest BCUT2D eigenvalue weighted by Gasteiger charge is -2.27. The molecule has 5 heteroatoms. The van der Waals surface area contributed by atoms with Crippen LogP contribution < -0.4 is 5.32 Å². The van der Waals surface area contributed by atoms with E-state index < -0.39 is 11.9 Å². The Balaban J connectivity index is 1.55. The van der Waals surface area contributed by atoms with E-state index in [0.717, 1.165) is 24.8 Å². The number of halogens is 1. The Bertz CT molecular complexity index is 572. The molecule has 1 aromatic carbocycles. The van der Waals surface area contributed by atoms with Gasteiger partial charge in [0.15, 0.2) is 0 Å². The minimum atomic E-state index is -0.842. The van der Waals surface area contributed by atoms with Crippen LogP contribution in [0.4, 0.5) is 4.39 Å². The summed E-state index contributed by atoms with van der Waals surface area (Å²) in [6, 6.07) is 6.18. The molecule has 0 aliphatic heterocycles. The second-order valence-corrected chi connectivity index (χ2v) is 6.39. The molecule has 0 spiro atoms. The van der Waals surface area contributed by atoms with Gasteiger partial charge in [0.1, 0.15) is 5.82 Å². The van der Waals surface area contributed by atoms with E-state index in [1.54, 1.807) is 12.1 Å². The van der Waals surface area contributed by atoms with E-state index in [1.165, 1.54) is 12.1 Å². The average Bonchev–Trinajstić information content (AvgIpc) is 3.09. The first-order valence-corrected chi connectivity index (χ1v) is 7.81. The molecule has 2 fully saturated rings. The fourth-order valence-corrected chi connectivity index (χ4v) is 4.12. The highest BCUT2D eigenvalue weighted by atomic mass is 19.1. The lowest BCUT2D eigenvalue weighted by atomic mass is 9.78. The number of benzene rings is 1. The maximum Gasteiger partial charge on any atom is 0.307 e. The molecular formula is C17H20FNO3. The van der Waals surface area contributed by atoms with Crippen molar-refractivity contribution < 1.29 is 19.1 Å². The van der Waals surface area contributed by atoms with Crippen LogP contribution in [0.5, 0.6) is 0 Å². The molecule has 2 aliphatic carbocycles. The second-order valence-electron chi connectivity index (χ2n) is 6.39. The third kappa shape index (κ3) is 2.85. The van der Waals surface area contributed by atoms with Crippen molar-refractivity contribution in [3.63, 3.8) is 0 Å². The van der Waals surface area contributed by atoms with E-state index in [0.29, 0.717) is 13.0 Å². The molecule has 1 aromatic rings. The van der Waals surface area contributed by atoms with Gasteiger partial charge in [-0.25, -0.2) is 4.39 Å². The van der Waals surface area contributed by atoms with E-state index in [4.69, 9.17) is 0 Å². The molecule has 4 atom stereocenters. The Labute approximate surface area is 128 Å². The Morgan fingerprint density at radius 1 is 1.14 bits per heavy atom. The van der Waals surface area contributed by atoms with Crippen molar-refractivity contribution in [3.05, 3.63) is 35.6 Å². The number of hydrogen-bond donors (Lipinski definition) is 2. The van der Waals surface area contributed by atoms with Crippen molar-refractivity contribution in [2.45, 2.75) is 25.7 Å². The van der Waals surface area contributed by atoms with E-state index in [9.17, 15) is 19.1 Å². The summed E-state index contributed by atoms with van der Waals surface area (Å²) in [5.74, 6) is -1.78. The van der Waals surface area contributed by atoms with Gasteiger partial charge < -0.3 is 10.4 Å². The van der Waals surface area contributed by atoms with Gasteiger partial charge in [0, 0.05) is 6.54 Å². The first-order chi connectivity index (χ1) is 10.6. The highest BCUT2D eigenvalue weighted by Gasteiger charge is 2.53. The standard InChI is InChI=1S/C17H20FNO3/c18-13-5-1-10(2-6-13)7-8-19-16(20)14-11-3-4-12(9-11)15(14)17(21)22/h1-2,5-6,11-12,14-15H,3-4,7-9H2,(H,19,20)(H,21,22)/t11-,12-,14+,15+/m0/s1. The maximum absolute atomic E-state index is 12.8. The van der Waals surface area contributed by atoms with Crippen molar-refractivity contribution in [3.8, 4) is 0 Å². The summed E-state index contributed by atoms with van der Waals surface area (Å²) < 4.78 is 12.8. The zero-order valence-electron chi connectivity index (χ0n) is 12.3. The molecule has 0 saturated heterocycles. The van der Waals surface area contributed by atoms with Crippen LogP contribution in [0.2, 0.25) is 0 Å². The predicted octanol–water partition coefficient (Wildman–Crippen LogP) is 2.23. The van der Waals surface area contributed by atoms with Gasteiger partial charge in [0.2, 0.25) is 5.91 Å². The van der Waals surface area contributed by atoms with Crippen LogP contribution in [-0.2, 0) is 16.0 Å². The molecule has 2 N–H and O–H groups in total. The summed E-state index contributed by atoms with van der Waals surface area (Å²) in [6.45, 7) is 0.449. The Hall–Kier alpha value is -1.91. The van der Waals surface area contributed by atoms with Gasteiger partial charge in [0.05, 0.1) is 11.8 Å². The summed E-state index contributed by atoms with van der Waals surface area (Å²) in [5, 5.41) is 12.2. The van der Waals surface area contributed by atoms with Gasteiger partial charge in [-0.1, -0.05) is 12.1 Å². The Morgan fingerprint density at radius 3 is 2.41 bits per heavy atom. The largest absolute Gasteiger partial charge is 0.481 e. The van der Waals surface area contributed by atoms with Crippen LogP contribution in [0.3, 0.4) is 0 Å². The van der Waals surface area contributed by atoms with Gasteiger partial charge in [-0.2, -0.15) is 0 Å². The summed E-state index contributed by atoms with van der Waals surface area (Å²) in [5.41, 5.74) is 0.949. The van der Waals surface area contributed by atoms with E-state index in [1.807, 2.05) is 0 Å². The molecule has 0 heterocycles. The zero-order valence-corrected chi connectivity index (χ0v) is 12.3. The highest BCUT2D eigenvalue weighted by molar-refractivity contribution is 5.86. The molecular weight excluding hydrogens is 285 g/mol. The van der Waals surface area contributed by atoms with Gasteiger partial charge in [-0.15, -0.1) is 0 Å². The summed E-state index contributed by atoms with van der Waals surface area (Å²) >= 11 is 0. The topological polar surface area (TPSA) is 66.4 Å². The van der Waals surface area contributed by atoms with Gasteiger partial charge in [-0.05, 0) is 55.2 Å². The average molecular weight is 305 g/mol. The lowest BCUT2D eigenvalue weighted by molar-refractivity contribution is -0.149. The normalized spacial score (nSPS) is 29.5. The number of fused-ring (bicyclic) bond motifs is 2. The van der Waals surface area contributed by atoms with Crippen molar-refractivity contribution >= 4 is 11.9 Å². The third-order valence-electron chi connectivity index (χ3n) is 5.13. The number of aliphatic carboxylic acids is 1. The second kappa shape index (κ2) is 6.07. The fraction of sp³-hybridized carbons (Fsp3) is 0.529. The van der Waals surface area contributed by atoms with E-state index in [-0.39, 0.29) is 29.5 Å². The first kappa shape index (κ1) is 15.0. The van der Waals surface area contributed by atoms with Crippen LogP contribution in [0.15, 0.2) is 24.3 Å². The number of carboxylic acid groups (broad SMARTS) is 1. The minimum Gasteiger partial charge on any atom is -0.481 e. The van der Waals surface area contributed by atoms with Gasteiger partial charge >= 0.3 is 5.97 Å². The Morgan fingerprint density at radius 2 is 1.77 bits per heavy atom. The third-order valence-corrected chi connectivity index (χ3v) is 5.13. The SMILES string of the molecule is O=C(O)[C@@H]1[C@H]2CC[C@@H](C2)[C@H]1C(=O)NCCc1ccc(F)cc1. The van der Waals surface area contributed by atoms with Crippen LogP contribution in [0, 0.1) is 29.5 Å². The molecule has 1 amide bonds. The van der Waals surface area contributed by atoms with Gasteiger partial charge in [-0.3, -0.25) is 9.59 Å². The molecule has 4 nitrogen and oxygen atoms in total. The van der Waals surface area contributed by atoms with E-state index in [2.05, 4.69) is 5.32 Å².